The molecule has 182 valence electrons. The van der Waals surface area contributed by atoms with Gasteiger partial charge in [0.25, 0.3) is 0 Å². The molecule has 0 saturated heterocycles. The van der Waals surface area contributed by atoms with Crippen LogP contribution in [0.4, 0.5) is 8.78 Å². The predicted octanol–water partition coefficient (Wildman–Crippen LogP) is 6.55. The van der Waals surface area contributed by atoms with Crippen LogP contribution in [0.1, 0.15) is 59.6 Å². The van der Waals surface area contributed by atoms with Gasteiger partial charge in [0, 0.05) is 18.3 Å². The molecule has 2 aromatic heterocycles. The van der Waals surface area contributed by atoms with E-state index in [-0.39, 0.29) is 11.2 Å². The lowest BCUT2D eigenvalue weighted by atomic mass is 9.89. The third-order valence-electron chi connectivity index (χ3n) is 4.63. The van der Waals surface area contributed by atoms with Gasteiger partial charge in [-0.05, 0) is 29.2 Å². The van der Waals surface area contributed by atoms with E-state index < -0.39 is 6.61 Å². The molecular weight excluding hydrogens is 426 g/mol. The van der Waals surface area contributed by atoms with Crippen LogP contribution in [0.5, 0.6) is 11.5 Å². The number of benzene rings is 1. The Kier molecular flexibility index (Phi) is 10.3. The second-order valence-corrected chi connectivity index (χ2v) is 7.57. The van der Waals surface area contributed by atoms with E-state index >= 15 is 0 Å². The molecule has 6 nitrogen and oxygen atoms in total. The SMILES string of the molecule is C=C(NC)c1c(OC)cc(-c2cnc3cc(C(C)(C)C)cnn23)cc1OC(F)F.CC.CC. The Morgan fingerprint density at radius 2 is 1.67 bits per heavy atom. The number of hydrogen-bond donors (Lipinski definition) is 1. The molecule has 0 spiro atoms. The summed E-state index contributed by atoms with van der Waals surface area (Å²) in [7, 11) is 3.10. The van der Waals surface area contributed by atoms with Gasteiger partial charge in [0.2, 0.25) is 0 Å². The average Bonchev–Trinajstić information content (AvgIpc) is 3.23. The molecule has 3 rings (SSSR count). The van der Waals surface area contributed by atoms with E-state index in [1.807, 2.05) is 33.8 Å². The van der Waals surface area contributed by atoms with Crippen molar-refractivity contribution in [2.24, 2.45) is 0 Å². The highest BCUT2D eigenvalue weighted by Gasteiger charge is 2.21. The number of methoxy groups -OCH3 is 1. The van der Waals surface area contributed by atoms with Crippen LogP contribution in [0.15, 0.2) is 37.2 Å². The number of halogens is 2. The number of rotatable bonds is 6. The summed E-state index contributed by atoms with van der Waals surface area (Å²) in [6.07, 6.45) is 3.42. The summed E-state index contributed by atoms with van der Waals surface area (Å²) in [6.45, 7) is 15.1. The number of hydrogen-bond acceptors (Lipinski definition) is 5. The highest BCUT2D eigenvalue weighted by Crippen LogP contribution is 2.39. The zero-order valence-corrected chi connectivity index (χ0v) is 21.1. The van der Waals surface area contributed by atoms with Crippen LogP contribution in [0.3, 0.4) is 0 Å². The average molecular weight is 463 g/mol. The minimum Gasteiger partial charge on any atom is -0.496 e. The number of imidazole rings is 1. The van der Waals surface area contributed by atoms with Crippen molar-refractivity contribution in [2.75, 3.05) is 14.2 Å². The third-order valence-corrected chi connectivity index (χ3v) is 4.63. The maximum atomic E-state index is 13.0. The summed E-state index contributed by atoms with van der Waals surface area (Å²) in [5.74, 6) is 0.300. The maximum absolute atomic E-state index is 13.0. The van der Waals surface area contributed by atoms with Gasteiger partial charge in [-0.25, -0.2) is 9.50 Å². The van der Waals surface area contributed by atoms with E-state index in [4.69, 9.17) is 9.47 Å². The minimum atomic E-state index is -2.99. The van der Waals surface area contributed by atoms with Gasteiger partial charge < -0.3 is 14.8 Å². The van der Waals surface area contributed by atoms with Gasteiger partial charge in [-0.15, -0.1) is 0 Å². The molecule has 1 N–H and O–H groups in total. The second kappa shape index (κ2) is 12.2. The molecule has 0 atom stereocenters. The molecule has 3 aromatic rings. The largest absolute Gasteiger partial charge is 0.496 e. The molecule has 2 heterocycles. The lowest BCUT2D eigenvalue weighted by molar-refractivity contribution is -0.0500. The van der Waals surface area contributed by atoms with Crippen molar-refractivity contribution < 1.29 is 18.3 Å². The Balaban J connectivity index is 0.00000129. The topological polar surface area (TPSA) is 60.7 Å². The van der Waals surface area contributed by atoms with Crippen LogP contribution in [0.25, 0.3) is 22.6 Å². The van der Waals surface area contributed by atoms with E-state index in [0.29, 0.717) is 33.9 Å². The van der Waals surface area contributed by atoms with Crippen LogP contribution in [0, 0.1) is 0 Å². The van der Waals surface area contributed by atoms with E-state index in [1.54, 1.807) is 30.0 Å². The van der Waals surface area contributed by atoms with Crippen LogP contribution in [-0.2, 0) is 5.41 Å². The van der Waals surface area contributed by atoms with Crippen molar-refractivity contribution in [3.8, 4) is 22.8 Å². The minimum absolute atomic E-state index is 0.0463. The molecule has 33 heavy (non-hydrogen) atoms. The molecule has 0 aliphatic heterocycles. The molecule has 0 aliphatic rings. The van der Waals surface area contributed by atoms with Crippen molar-refractivity contribution in [3.05, 3.63) is 48.3 Å². The molecule has 0 amide bonds. The second-order valence-electron chi connectivity index (χ2n) is 7.57. The van der Waals surface area contributed by atoms with E-state index in [2.05, 4.69) is 42.7 Å². The fourth-order valence-electron chi connectivity index (χ4n) is 2.99. The summed E-state index contributed by atoms with van der Waals surface area (Å²) in [4.78, 5) is 4.43. The van der Waals surface area contributed by atoms with Gasteiger partial charge in [0.05, 0.1) is 30.8 Å². The Labute approximate surface area is 195 Å². The van der Waals surface area contributed by atoms with Crippen LogP contribution >= 0.6 is 0 Å². The predicted molar refractivity (Wildman–Crippen MR) is 131 cm³/mol. The van der Waals surface area contributed by atoms with Gasteiger partial charge in [-0.2, -0.15) is 13.9 Å². The maximum Gasteiger partial charge on any atom is 0.387 e. The third kappa shape index (κ3) is 6.43. The number of ether oxygens (including phenoxy) is 2. The summed E-state index contributed by atoms with van der Waals surface area (Å²) < 4.78 is 37.9. The van der Waals surface area contributed by atoms with Crippen molar-refractivity contribution in [1.29, 1.82) is 0 Å². The summed E-state index contributed by atoms with van der Waals surface area (Å²) in [6, 6.07) is 5.19. The summed E-state index contributed by atoms with van der Waals surface area (Å²) in [5, 5.41) is 7.34. The van der Waals surface area contributed by atoms with Gasteiger partial charge in [0.15, 0.2) is 5.65 Å². The number of fused-ring (bicyclic) bond motifs is 1. The van der Waals surface area contributed by atoms with E-state index in [0.717, 1.165) is 5.56 Å². The normalized spacial score (nSPS) is 10.7. The Bertz CT molecular complexity index is 1060. The van der Waals surface area contributed by atoms with E-state index in [9.17, 15) is 8.78 Å². The quantitative estimate of drug-likeness (QED) is 0.450. The first-order valence-corrected chi connectivity index (χ1v) is 11.0. The molecule has 0 aliphatic carbocycles. The molecule has 0 fully saturated rings. The standard InChI is InChI=1S/C21H24F2N4O2.2C2H6/c1-12(24-5)19-16(28-6)7-13(8-17(19)29-20(22)23)15-11-25-18-9-14(21(2,3)4)10-26-27(15)18;2*1-2/h7-11,20,24H,1H2,2-6H3;2*1-2H3. The first kappa shape index (κ1) is 27.9. The van der Waals surface area contributed by atoms with Crippen LogP contribution in [-0.4, -0.2) is 35.4 Å². The Morgan fingerprint density at radius 3 is 2.18 bits per heavy atom. The summed E-state index contributed by atoms with van der Waals surface area (Å²) >= 11 is 0. The number of nitrogens with zero attached hydrogens (tertiary/aromatic N) is 3. The summed E-state index contributed by atoms with van der Waals surface area (Å²) in [5.41, 5.74) is 3.56. The van der Waals surface area contributed by atoms with Crippen molar-refractivity contribution >= 4 is 11.3 Å². The van der Waals surface area contributed by atoms with Crippen LogP contribution in [0.2, 0.25) is 0 Å². The molecular formula is C25H36F2N4O2. The van der Waals surface area contributed by atoms with Gasteiger partial charge in [-0.3, -0.25) is 0 Å². The zero-order chi connectivity index (χ0) is 25.3. The molecule has 0 unspecified atom stereocenters. The van der Waals surface area contributed by atoms with Gasteiger partial charge >= 0.3 is 6.61 Å². The van der Waals surface area contributed by atoms with Gasteiger partial charge in [-0.1, -0.05) is 55.0 Å². The highest BCUT2D eigenvalue weighted by atomic mass is 19.3. The fourth-order valence-corrected chi connectivity index (χ4v) is 2.99. The molecule has 8 heteroatoms. The van der Waals surface area contributed by atoms with Gasteiger partial charge in [0.1, 0.15) is 11.5 Å². The number of aromatic nitrogens is 3. The molecule has 1 aromatic carbocycles. The molecule has 0 radical (unpaired) electrons. The lowest BCUT2D eigenvalue weighted by Gasteiger charge is -2.19. The van der Waals surface area contributed by atoms with Crippen molar-refractivity contribution in [3.63, 3.8) is 0 Å². The smallest absolute Gasteiger partial charge is 0.387 e. The van der Waals surface area contributed by atoms with E-state index in [1.165, 1.54) is 13.2 Å². The first-order valence-electron chi connectivity index (χ1n) is 11.0. The molecule has 0 bridgehead atoms. The molecule has 0 saturated carbocycles. The van der Waals surface area contributed by atoms with Crippen molar-refractivity contribution in [2.45, 2.75) is 60.5 Å². The lowest BCUT2D eigenvalue weighted by Crippen LogP contribution is -2.12. The Hall–Kier alpha value is -3.16. The number of alkyl halides is 2. The zero-order valence-electron chi connectivity index (χ0n) is 21.1. The monoisotopic (exact) mass is 462 g/mol. The van der Waals surface area contributed by atoms with Crippen LogP contribution < -0.4 is 14.8 Å². The fraction of sp³-hybridized carbons (Fsp3) is 0.440. The first-order chi connectivity index (χ1) is 15.7. The number of nitrogens with one attached hydrogen (secondary N) is 1. The highest BCUT2D eigenvalue weighted by molar-refractivity contribution is 5.78. The Morgan fingerprint density at radius 1 is 1.06 bits per heavy atom. The van der Waals surface area contributed by atoms with Crippen molar-refractivity contribution in [1.82, 2.24) is 19.9 Å².